The van der Waals surface area contributed by atoms with Crippen LogP contribution < -0.4 is 10.6 Å². The van der Waals surface area contributed by atoms with Crippen molar-refractivity contribution < 1.29 is 27.2 Å². The van der Waals surface area contributed by atoms with Gasteiger partial charge < -0.3 is 10.6 Å². The largest absolute Gasteiger partial charge is 0.322 e. The maximum Gasteiger partial charge on any atom is 0.255 e. The Bertz CT molecular complexity index is 1050. The molecule has 0 heterocycles. The van der Waals surface area contributed by atoms with Gasteiger partial charge in [0.15, 0.2) is 11.6 Å². The molecule has 0 radical (unpaired) electrons. The number of halogens is 4. The first-order chi connectivity index (χ1) is 13.3. The molecule has 2 N–H and O–H groups in total. The van der Waals surface area contributed by atoms with E-state index >= 15 is 0 Å². The molecule has 0 unspecified atom stereocenters. The van der Waals surface area contributed by atoms with Crippen LogP contribution in [0.15, 0.2) is 60.7 Å². The Morgan fingerprint density at radius 2 is 1.18 bits per heavy atom. The molecule has 28 heavy (non-hydrogen) atoms. The summed E-state index contributed by atoms with van der Waals surface area (Å²) in [6.07, 6.45) is 0. The summed E-state index contributed by atoms with van der Waals surface area (Å²) in [7, 11) is 0. The van der Waals surface area contributed by atoms with E-state index in [0.29, 0.717) is 0 Å². The van der Waals surface area contributed by atoms with E-state index in [1.54, 1.807) is 0 Å². The normalized spacial score (nSPS) is 10.4. The van der Waals surface area contributed by atoms with Gasteiger partial charge in [-0.05, 0) is 42.5 Å². The van der Waals surface area contributed by atoms with E-state index in [1.165, 1.54) is 30.3 Å². The van der Waals surface area contributed by atoms with Crippen molar-refractivity contribution in [2.24, 2.45) is 0 Å². The number of carbonyl (C=O) groups is 2. The zero-order valence-electron chi connectivity index (χ0n) is 14.1. The third-order valence-electron chi connectivity index (χ3n) is 3.77. The summed E-state index contributed by atoms with van der Waals surface area (Å²) in [6.45, 7) is 0. The van der Waals surface area contributed by atoms with E-state index in [4.69, 9.17) is 0 Å². The quantitative estimate of drug-likeness (QED) is 0.634. The van der Waals surface area contributed by atoms with Crippen LogP contribution >= 0.6 is 0 Å². The van der Waals surface area contributed by atoms with Gasteiger partial charge in [-0.3, -0.25) is 9.59 Å². The number of carbonyl (C=O) groups excluding carboxylic acids is 2. The van der Waals surface area contributed by atoms with Gasteiger partial charge in [0, 0.05) is 22.9 Å². The zero-order valence-corrected chi connectivity index (χ0v) is 14.1. The molecule has 0 bridgehead atoms. The highest BCUT2D eigenvalue weighted by atomic mass is 19.2. The van der Waals surface area contributed by atoms with Crippen molar-refractivity contribution in [3.05, 3.63) is 95.1 Å². The molecule has 0 fully saturated rings. The lowest BCUT2D eigenvalue weighted by molar-refractivity contribution is 0.102. The van der Waals surface area contributed by atoms with Crippen LogP contribution in [0.4, 0.5) is 28.9 Å². The molecule has 4 nitrogen and oxygen atoms in total. The van der Waals surface area contributed by atoms with Crippen LogP contribution in [0.3, 0.4) is 0 Å². The van der Waals surface area contributed by atoms with Gasteiger partial charge >= 0.3 is 0 Å². The Balaban J connectivity index is 1.78. The first-order valence-electron chi connectivity index (χ1n) is 7.97. The standard InChI is InChI=1S/C20H12F4N2O2/c21-14-8-7-13(10-17(14)24)25-19(27)11-3-1-4-12(9-11)20(28)26-18-15(22)5-2-6-16(18)23/h1-10H,(H,25,27)(H,26,28). The van der Waals surface area contributed by atoms with Crippen molar-refractivity contribution in [2.45, 2.75) is 0 Å². The van der Waals surface area contributed by atoms with Crippen LogP contribution in [-0.2, 0) is 0 Å². The van der Waals surface area contributed by atoms with E-state index in [9.17, 15) is 27.2 Å². The highest BCUT2D eigenvalue weighted by molar-refractivity contribution is 6.08. The van der Waals surface area contributed by atoms with Crippen LogP contribution in [0.25, 0.3) is 0 Å². The van der Waals surface area contributed by atoms with Crippen LogP contribution in [0.1, 0.15) is 20.7 Å². The summed E-state index contributed by atoms with van der Waals surface area (Å²) in [4.78, 5) is 24.5. The first-order valence-corrected chi connectivity index (χ1v) is 7.97. The number of rotatable bonds is 4. The van der Waals surface area contributed by atoms with Crippen molar-refractivity contribution in [1.82, 2.24) is 0 Å². The van der Waals surface area contributed by atoms with Crippen molar-refractivity contribution in [1.29, 1.82) is 0 Å². The van der Waals surface area contributed by atoms with Gasteiger partial charge in [0.2, 0.25) is 0 Å². The molecule has 0 atom stereocenters. The summed E-state index contributed by atoms with van der Waals surface area (Å²) < 4.78 is 53.5. The number of para-hydroxylation sites is 1. The minimum absolute atomic E-state index is 0.0205. The number of hydrogen-bond donors (Lipinski definition) is 2. The topological polar surface area (TPSA) is 58.2 Å². The van der Waals surface area contributed by atoms with Gasteiger partial charge in [-0.2, -0.15) is 0 Å². The minimum atomic E-state index is -1.13. The second kappa shape index (κ2) is 7.91. The Morgan fingerprint density at radius 1 is 0.607 bits per heavy atom. The lowest BCUT2D eigenvalue weighted by atomic mass is 10.1. The molecule has 0 aliphatic heterocycles. The van der Waals surface area contributed by atoms with Crippen molar-refractivity contribution in [2.75, 3.05) is 10.6 Å². The lowest BCUT2D eigenvalue weighted by Crippen LogP contribution is -2.17. The Kier molecular flexibility index (Phi) is 5.39. The van der Waals surface area contributed by atoms with Crippen LogP contribution in [0.5, 0.6) is 0 Å². The molecule has 0 aromatic heterocycles. The van der Waals surface area contributed by atoms with E-state index in [0.717, 1.165) is 30.3 Å². The fourth-order valence-electron chi connectivity index (χ4n) is 2.38. The van der Waals surface area contributed by atoms with Gasteiger partial charge in [-0.25, -0.2) is 17.6 Å². The Morgan fingerprint density at radius 3 is 1.79 bits per heavy atom. The van der Waals surface area contributed by atoms with Gasteiger partial charge in [0.1, 0.15) is 17.3 Å². The molecule has 0 saturated heterocycles. The minimum Gasteiger partial charge on any atom is -0.322 e. The molecule has 8 heteroatoms. The van der Waals surface area contributed by atoms with Gasteiger partial charge in [-0.1, -0.05) is 12.1 Å². The molecule has 3 aromatic rings. The van der Waals surface area contributed by atoms with Crippen molar-refractivity contribution in [3.8, 4) is 0 Å². The number of hydrogen-bond acceptors (Lipinski definition) is 2. The monoisotopic (exact) mass is 388 g/mol. The number of anilines is 2. The molecular weight excluding hydrogens is 376 g/mol. The van der Waals surface area contributed by atoms with E-state index in [1.807, 2.05) is 0 Å². The number of amides is 2. The summed E-state index contributed by atoms with van der Waals surface area (Å²) in [5, 5.41) is 4.48. The van der Waals surface area contributed by atoms with Gasteiger partial charge in [-0.15, -0.1) is 0 Å². The maximum atomic E-state index is 13.7. The average molecular weight is 388 g/mol. The Labute approximate surface area is 156 Å². The van der Waals surface area contributed by atoms with Crippen LogP contribution in [0, 0.1) is 23.3 Å². The third kappa shape index (κ3) is 4.17. The zero-order chi connectivity index (χ0) is 20.3. The van der Waals surface area contributed by atoms with Crippen molar-refractivity contribution in [3.63, 3.8) is 0 Å². The summed E-state index contributed by atoms with van der Waals surface area (Å²) >= 11 is 0. The predicted octanol–water partition coefficient (Wildman–Crippen LogP) is 4.75. The molecule has 142 valence electrons. The average Bonchev–Trinajstić information content (AvgIpc) is 2.67. The highest BCUT2D eigenvalue weighted by Gasteiger charge is 2.15. The van der Waals surface area contributed by atoms with Crippen molar-refractivity contribution >= 4 is 23.2 Å². The molecule has 0 aliphatic carbocycles. The second-order valence-electron chi connectivity index (χ2n) is 5.71. The molecule has 0 saturated carbocycles. The SMILES string of the molecule is O=C(Nc1ccc(F)c(F)c1)c1cccc(C(=O)Nc2c(F)cccc2F)c1. The molecule has 0 aliphatic rings. The summed E-state index contributed by atoms with van der Waals surface area (Å²) in [5.74, 6) is -5.58. The first kappa shape index (κ1) is 19.1. The maximum absolute atomic E-state index is 13.7. The molecule has 2 amide bonds. The van der Waals surface area contributed by atoms with Gasteiger partial charge in [0.05, 0.1) is 0 Å². The molecular formula is C20H12F4N2O2. The Hall–Kier alpha value is -3.68. The van der Waals surface area contributed by atoms with Crippen LogP contribution in [0.2, 0.25) is 0 Å². The second-order valence-corrected chi connectivity index (χ2v) is 5.71. The third-order valence-corrected chi connectivity index (χ3v) is 3.77. The summed E-state index contributed by atoms with van der Waals surface area (Å²) in [6, 6.07) is 11.3. The smallest absolute Gasteiger partial charge is 0.255 e. The van der Waals surface area contributed by atoms with E-state index < -0.39 is 40.8 Å². The van der Waals surface area contributed by atoms with Gasteiger partial charge in [0.25, 0.3) is 11.8 Å². The van der Waals surface area contributed by atoms with E-state index in [2.05, 4.69) is 10.6 Å². The summed E-state index contributed by atoms with van der Waals surface area (Å²) in [5.41, 5.74) is -0.580. The van der Waals surface area contributed by atoms with Crippen LogP contribution in [-0.4, -0.2) is 11.8 Å². The molecule has 3 aromatic carbocycles. The lowest BCUT2D eigenvalue weighted by Gasteiger charge is -2.09. The number of benzene rings is 3. The highest BCUT2D eigenvalue weighted by Crippen LogP contribution is 2.20. The fraction of sp³-hybridized carbons (Fsp3) is 0. The number of nitrogens with one attached hydrogen (secondary N) is 2. The predicted molar refractivity (Wildman–Crippen MR) is 95.1 cm³/mol. The molecule has 0 spiro atoms. The fourth-order valence-corrected chi connectivity index (χ4v) is 2.38. The molecule has 3 rings (SSSR count). The van der Waals surface area contributed by atoms with E-state index in [-0.39, 0.29) is 16.8 Å².